The molecule has 30 heavy (non-hydrogen) atoms. The van der Waals surface area contributed by atoms with Crippen LogP contribution in [-0.4, -0.2) is 44.4 Å². The van der Waals surface area contributed by atoms with E-state index in [2.05, 4.69) is 15.5 Å². The van der Waals surface area contributed by atoms with Crippen molar-refractivity contribution in [1.82, 2.24) is 14.8 Å². The summed E-state index contributed by atoms with van der Waals surface area (Å²) in [6, 6.07) is 0. The van der Waals surface area contributed by atoms with Crippen molar-refractivity contribution in [1.29, 1.82) is 0 Å². The van der Waals surface area contributed by atoms with E-state index >= 15 is 0 Å². The Labute approximate surface area is 182 Å². The Kier molecular flexibility index (Phi) is 6.81. The van der Waals surface area contributed by atoms with E-state index < -0.39 is 11.9 Å². The fraction of sp³-hybridized carbons (Fsp3) is 0.526. The van der Waals surface area contributed by atoms with Crippen LogP contribution in [0.4, 0.5) is 5.00 Å². The number of rotatable bonds is 9. The summed E-state index contributed by atoms with van der Waals surface area (Å²) >= 11 is 2.26. The average Bonchev–Trinajstić information content (AvgIpc) is 3.34. The molecule has 0 unspecified atom stereocenters. The number of hydrogen-bond acceptors (Lipinski definition) is 8. The van der Waals surface area contributed by atoms with E-state index in [-0.39, 0.29) is 33.2 Å². The van der Waals surface area contributed by atoms with E-state index in [1.807, 2.05) is 11.5 Å². The number of primary amides is 1. The Morgan fingerprint density at radius 1 is 1.33 bits per heavy atom. The third-order valence-electron chi connectivity index (χ3n) is 4.51. The number of thiophene rings is 1. The lowest BCUT2D eigenvalue weighted by Gasteiger charge is -2.10. The molecule has 0 atom stereocenters. The monoisotopic (exact) mass is 451 g/mol. The van der Waals surface area contributed by atoms with Gasteiger partial charge in [-0.2, -0.15) is 0 Å². The van der Waals surface area contributed by atoms with Gasteiger partial charge in [-0.25, -0.2) is 4.79 Å². The molecular formula is C19H25N5O4S2. The van der Waals surface area contributed by atoms with Crippen LogP contribution in [0.5, 0.6) is 0 Å². The molecule has 9 nitrogen and oxygen atoms in total. The first-order valence-corrected chi connectivity index (χ1v) is 11.5. The van der Waals surface area contributed by atoms with Gasteiger partial charge in [0.1, 0.15) is 10.8 Å². The zero-order valence-electron chi connectivity index (χ0n) is 17.4. The SMILES string of the molecule is CCn1c(SCC(=O)Nc2sc(C(N)=O)c(C)c2C(=O)OC(C)C)nnc1C1CC1. The summed E-state index contributed by atoms with van der Waals surface area (Å²) in [6.45, 7) is 7.82. The van der Waals surface area contributed by atoms with Crippen molar-refractivity contribution < 1.29 is 19.1 Å². The van der Waals surface area contributed by atoms with Gasteiger partial charge in [0.25, 0.3) is 5.91 Å². The number of nitrogens with one attached hydrogen (secondary N) is 1. The molecule has 0 aliphatic heterocycles. The van der Waals surface area contributed by atoms with E-state index in [1.54, 1.807) is 20.8 Å². The molecule has 2 amide bonds. The molecule has 0 aromatic carbocycles. The molecule has 0 bridgehead atoms. The highest BCUT2D eigenvalue weighted by molar-refractivity contribution is 7.99. The maximum Gasteiger partial charge on any atom is 0.341 e. The highest BCUT2D eigenvalue weighted by Gasteiger charge is 2.30. The number of nitrogens with zero attached hydrogens (tertiary/aromatic N) is 3. The molecule has 2 aromatic heterocycles. The van der Waals surface area contributed by atoms with Crippen LogP contribution in [0.3, 0.4) is 0 Å². The maximum absolute atomic E-state index is 12.6. The first-order chi connectivity index (χ1) is 14.2. The van der Waals surface area contributed by atoms with Crippen LogP contribution in [0.15, 0.2) is 5.16 Å². The van der Waals surface area contributed by atoms with Crippen molar-refractivity contribution in [3.8, 4) is 0 Å². The predicted octanol–water partition coefficient (Wildman–Crippen LogP) is 2.94. The van der Waals surface area contributed by atoms with Crippen molar-refractivity contribution in [2.24, 2.45) is 5.73 Å². The molecule has 0 saturated heterocycles. The van der Waals surface area contributed by atoms with Gasteiger partial charge >= 0.3 is 5.97 Å². The molecule has 1 aliphatic carbocycles. The van der Waals surface area contributed by atoms with Crippen LogP contribution in [0.1, 0.15) is 70.9 Å². The molecule has 0 radical (unpaired) electrons. The molecule has 3 rings (SSSR count). The number of ether oxygens (including phenoxy) is 1. The molecule has 162 valence electrons. The highest BCUT2D eigenvalue weighted by atomic mass is 32.2. The molecular weight excluding hydrogens is 426 g/mol. The zero-order chi connectivity index (χ0) is 22.0. The fourth-order valence-electron chi connectivity index (χ4n) is 3.00. The third kappa shape index (κ3) is 4.84. The summed E-state index contributed by atoms with van der Waals surface area (Å²) in [5.41, 5.74) is 5.98. The number of nitrogens with two attached hydrogens (primary N) is 1. The minimum absolute atomic E-state index is 0.0876. The first-order valence-electron chi connectivity index (χ1n) is 9.72. The zero-order valence-corrected chi connectivity index (χ0v) is 19.0. The quantitative estimate of drug-likeness (QED) is 0.443. The Bertz CT molecular complexity index is 978. The Hall–Kier alpha value is -2.40. The number of carbonyl (C=O) groups excluding carboxylic acids is 3. The number of esters is 1. The molecule has 2 heterocycles. The largest absolute Gasteiger partial charge is 0.459 e. The van der Waals surface area contributed by atoms with Crippen molar-refractivity contribution >= 4 is 45.9 Å². The third-order valence-corrected chi connectivity index (χ3v) is 6.70. The predicted molar refractivity (Wildman–Crippen MR) is 115 cm³/mol. The van der Waals surface area contributed by atoms with E-state index in [0.29, 0.717) is 16.6 Å². The number of amides is 2. The number of carbonyl (C=O) groups is 3. The number of thioether (sulfide) groups is 1. The summed E-state index contributed by atoms with van der Waals surface area (Å²) < 4.78 is 7.29. The summed E-state index contributed by atoms with van der Waals surface area (Å²) in [7, 11) is 0. The van der Waals surface area contributed by atoms with Crippen LogP contribution < -0.4 is 11.1 Å². The minimum atomic E-state index is -0.658. The van der Waals surface area contributed by atoms with Crippen molar-refractivity contribution in [2.45, 2.75) is 64.3 Å². The van der Waals surface area contributed by atoms with Gasteiger partial charge in [-0.3, -0.25) is 9.59 Å². The fourth-order valence-corrected chi connectivity index (χ4v) is 4.87. The van der Waals surface area contributed by atoms with Crippen molar-refractivity contribution in [3.05, 3.63) is 21.8 Å². The second kappa shape index (κ2) is 9.17. The highest BCUT2D eigenvalue weighted by Crippen LogP contribution is 2.40. The molecule has 1 fully saturated rings. The lowest BCUT2D eigenvalue weighted by molar-refractivity contribution is -0.113. The Morgan fingerprint density at radius 3 is 2.60 bits per heavy atom. The van der Waals surface area contributed by atoms with Crippen LogP contribution in [0.2, 0.25) is 0 Å². The molecule has 1 saturated carbocycles. The second-order valence-electron chi connectivity index (χ2n) is 7.27. The van der Waals surface area contributed by atoms with Gasteiger partial charge in [0.05, 0.1) is 22.3 Å². The van der Waals surface area contributed by atoms with E-state index in [1.165, 1.54) is 11.8 Å². The van der Waals surface area contributed by atoms with E-state index in [4.69, 9.17) is 10.5 Å². The maximum atomic E-state index is 12.6. The molecule has 1 aliphatic rings. The standard InChI is InChI=1S/C19H25N5O4S2/c1-5-24-16(11-6-7-11)22-23-19(24)29-8-12(25)21-17-13(18(27)28-9(2)3)10(4)14(30-17)15(20)26/h9,11H,5-8H2,1-4H3,(H2,20,26)(H,21,25). The summed E-state index contributed by atoms with van der Waals surface area (Å²) in [5.74, 6) is -0.0571. The normalized spacial score (nSPS) is 13.5. The smallest absolute Gasteiger partial charge is 0.341 e. The summed E-state index contributed by atoms with van der Waals surface area (Å²) in [4.78, 5) is 37.0. The summed E-state index contributed by atoms with van der Waals surface area (Å²) in [5, 5.41) is 12.1. The molecule has 0 spiro atoms. The summed E-state index contributed by atoms with van der Waals surface area (Å²) in [6.07, 6.45) is 1.91. The number of aromatic nitrogens is 3. The van der Waals surface area contributed by atoms with Crippen molar-refractivity contribution in [3.63, 3.8) is 0 Å². The van der Waals surface area contributed by atoms with Gasteiger partial charge in [-0.15, -0.1) is 21.5 Å². The Morgan fingerprint density at radius 2 is 2.03 bits per heavy atom. The van der Waals surface area contributed by atoms with E-state index in [9.17, 15) is 14.4 Å². The number of anilines is 1. The minimum Gasteiger partial charge on any atom is -0.459 e. The first kappa shape index (κ1) is 22.3. The van der Waals surface area contributed by atoms with Crippen LogP contribution >= 0.6 is 23.1 Å². The van der Waals surface area contributed by atoms with Gasteiger partial charge in [0.2, 0.25) is 5.91 Å². The average molecular weight is 452 g/mol. The number of hydrogen-bond donors (Lipinski definition) is 2. The van der Waals surface area contributed by atoms with Gasteiger partial charge in [0, 0.05) is 12.5 Å². The van der Waals surface area contributed by atoms with Crippen molar-refractivity contribution in [2.75, 3.05) is 11.1 Å². The lowest BCUT2D eigenvalue weighted by atomic mass is 10.1. The van der Waals surface area contributed by atoms with Crippen LogP contribution in [0.25, 0.3) is 0 Å². The lowest BCUT2D eigenvalue weighted by Crippen LogP contribution is -2.18. The van der Waals surface area contributed by atoms with E-state index in [0.717, 1.165) is 36.5 Å². The van der Waals surface area contributed by atoms with Gasteiger partial charge < -0.3 is 20.4 Å². The topological polar surface area (TPSA) is 129 Å². The van der Waals surface area contributed by atoms with Gasteiger partial charge in [0.15, 0.2) is 5.16 Å². The molecule has 3 N–H and O–H groups in total. The van der Waals surface area contributed by atoms with Gasteiger partial charge in [-0.05, 0) is 46.1 Å². The van der Waals surface area contributed by atoms with Gasteiger partial charge in [-0.1, -0.05) is 11.8 Å². The molecule has 11 heteroatoms. The van der Waals surface area contributed by atoms with Crippen LogP contribution in [-0.2, 0) is 16.1 Å². The molecule has 2 aromatic rings. The van der Waals surface area contributed by atoms with Crippen LogP contribution in [0, 0.1) is 6.92 Å². The second-order valence-corrected chi connectivity index (χ2v) is 9.24. The Balaban J connectivity index is 1.74.